The molecule has 0 saturated carbocycles. The summed E-state index contributed by atoms with van der Waals surface area (Å²) in [4.78, 5) is 13.7. The number of aromatic nitrogens is 1. The molecule has 0 bridgehead atoms. The van der Waals surface area contributed by atoms with Gasteiger partial charge in [-0.05, 0) is 13.8 Å². The Morgan fingerprint density at radius 3 is 2.62 bits per heavy atom. The zero-order valence-electron chi connectivity index (χ0n) is 9.34. The summed E-state index contributed by atoms with van der Waals surface area (Å²) in [6.45, 7) is 5.57. The molecule has 1 N–H and O–H groups in total. The molecule has 0 radical (unpaired) electrons. The standard InChI is InChI=1S/C10H15N3O2.ClH/c1-7-5-13(6-8(2)11-7)10(14)9-3-4-15-12-9;/h3-4,7-8,11H,5-6H2,1-2H3;1H. The van der Waals surface area contributed by atoms with Crippen LogP contribution in [-0.2, 0) is 0 Å². The number of hydrogen-bond acceptors (Lipinski definition) is 4. The Bertz CT molecular complexity index is 332. The highest BCUT2D eigenvalue weighted by molar-refractivity contribution is 5.92. The van der Waals surface area contributed by atoms with Crippen LogP contribution in [0.1, 0.15) is 24.3 Å². The van der Waals surface area contributed by atoms with E-state index in [1.807, 2.05) is 4.90 Å². The molecular weight excluding hydrogens is 230 g/mol. The lowest BCUT2D eigenvalue weighted by Crippen LogP contribution is -2.55. The molecule has 0 spiro atoms. The summed E-state index contributed by atoms with van der Waals surface area (Å²) in [5.74, 6) is -0.0519. The lowest BCUT2D eigenvalue weighted by Gasteiger charge is -2.35. The average molecular weight is 246 g/mol. The first-order chi connectivity index (χ1) is 7.16. The van der Waals surface area contributed by atoms with Crippen LogP contribution in [0.3, 0.4) is 0 Å². The van der Waals surface area contributed by atoms with Gasteiger partial charge in [0.05, 0.1) is 0 Å². The van der Waals surface area contributed by atoms with E-state index in [0.29, 0.717) is 17.8 Å². The Balaban J connectivity index is 0.00000128. The smallest absolute Gasteiger partial charge is 0.276 e. The Kier molecular flexibility index (Phi) is 4.32. The van der Waals surface area contributed by atoms with Crippen molar-refractivity contribution in [2.24, 2.45) is 0 Å². The van der Waals surface area contributed by atoms with Gasteiger partial charge in [0, 0.05) is 31.2 Å². The van der Waals surface area contributed by atoms with Crippen molar-refractivity contribution in [1.29, 1.82) is 0 Å². The molecule has 1 aromatic heterocycles. The number of carbonyl (C=O) groups excluding carboxylic acids is 1. The van der Waals surface area contributed by atoms with Crippen LogP contribution < -0.4 is 5.32 Å². The predicted molar refractivity (Wildman–Crippen MR) is 61.7 cm³/mol. The Hall–Kier alpha value is -1.07. The van der Waals surface area contributed by atoms with Gasteiger partial charge >= 0.3 is 0 Å². The third-order valence-corrected chi connectivity index (χ3v) is 2.50. The zero-order valence-corrected chi connectivity index (χ0v) is 10.2. The minimum Gasteiger partial charge on any atom is -0.364 e. The predicted octanol–water partition coefficient (Wildman–Crippen LogP) is 0.919. The van der Waals surface area contributed by atoms with Crippen molar-refractivity contribution in [3.05, 3.63) is 18.0 Å². The van der Waals surface area contributed by atoms with Gasteiger partial charge in [-0.15, -0.1) is 12.4 Å². The van der Waals surface area contributed by atoms with E-state index in [-0.39, 0.29) is 18.3 Å². The quantitative estimate of drug-likeness (QED) is 0.799. The van der Waals surface area contributed by atoms with E-state index in [1.54, 1.807) is 6.07 Å². The minimum absolute atomic E-state index is 0. The molecule has 0 aromatic carbocycles. The summed E-state index contributed by atoms with van der Waals surface area (Å²) in [5.41, 5.74) is 0.385. The highest BCUT2D eigenvalue weighted by Crippen LogP contribution is 2.08. The largest absolute Gasteiger partial charge is 0.364 e. The molecule has 16 heavy (non-hydrogen) atoms. The van der Waals surface area contributed by atoms with Crippen LogP contribution in [0.5, 0.6) is 0 Å². The van der Waals surface area contributed by atoms with Gasteiger partial charge in [-0.1, -0.05) is 5.16 Å². The summed E-state index contributed by atoms with van der Waals surface area (Å²) in [6, 6.07) is 2.24. The maximum Gasteiger partial charge on any atom is 0.276 e. The fourth-order valence-electron chi connectivity index (χ4n) is 1.98. The van der Waals surface area contributed by atoms with E-state index >= 15 is 0 Å². The first-order valence-electron chi connectivity index (χ1n) is 5.12. The number of carbonyl (C=O) groups is 1. The Labute approximate surface area is 101 Å². The van der Waals surface area contributed by atoms with Gasteiger partial charge in [-0.2, -0.15) is 0 Å². The fourth-order valence-corrected chi connectivity index (χ4v) is 1.98. The SMILES string of the molecule is CC1CN(C(=O)c2ccon2)CC(C)N1.Cl. The van der Waals surface area contributed by atoms with Crippen molar-refractivity contribution in [2.45, 2.75) is 25.9 Å². The van der Waals surface area contributed by atoms with Crippen molar-refractivity contribution in [2.75, 3.05) is 13.1 Å². The second-order valence-electron chi connectivity index (χ2n) is 4.06. The van der Waals surface area contributed by atoms with Gasteiger partial charge in [0.2, 0.25) is 0 Å². The Morgan fingerprint density at radius 1 is 1.50 bits per heavy atom. The fraction of sp³-hybridized carbons (Fsp3) is 0.600. The Morgan fingerprint density at radius 2 is 2.12 bits per heavy atom. The summed E-state index contributed by atoms with van der Waals surface area (Å²) < 4.78 is 4.67. The number of rotatable bonds is 1. The lowest BCUT2D eigenvalue weighted by atomic mass is 10.1. The summed E-state index contributed by atoms with van der Waals surface area (Å²) >= 11 is 0. The third kappa shape index (κ3) is 2.74. The molecule has 1 amide bonds. The normalized spacial score (nSPS) is 25.0. The molecule has 6 heteroatoms. The summed E-state index contributed by atoms with van der Waals surface area (Å²) in [5, 5.41) is 7.03. The van der Waals surface area contributed by atoms with Crippen molar-refractivity contribution in [1.82, 2.24) is 15.4 Å². The van der Waals surface area contributed by atoms with Crippen molar-refractivity contribution in [3.63, 3.8) is 0 Å². The maximum atomic E-state index is 11.9. The molecule has 0 aliphatic carbocycles. The number of hydrogen-bond donors (Lipinski definition) is 1. The first-order valence-corrected chi connectivity index (χ1v) is 5.12. The molecule has 1 aliphatic rings. The van der Waals surface area contributed by atoms with Gasteiger partial charge in [0.25, 0.3) is 5.91 Å². The molecule has 1 fully saturated rings. The van der Waals surface area contributed by atoms with Gasteiger partial charge in [0.15, 0.2) is 5.69 Å². The van der Waals surface area contributed by atoms with Crippen molar-refractivity contribution >= 4 is 18.3 Å². The van der Waals surface area contributed by atoms with Crippen LogP contribution in [0.2, 0.25) is 0 Å². The van der Waals surface area contributed by atoms with Gasteiger partial charge in [-0.3, -0.25) is 4.79 Å². The van der Waals surface area contributed by atoms with Crippen LogP contribution >= 0.6 is 12.4 Å². The third-order valence-electron chi connectivity index (χ3n) is 2.50. The average Bonchev–Trinajstić information content (AvgIpc) is 2.67. The van der Waals surface area contributed by atoms with E-state index in [9.17, 15) is 4.79 Å². The first kappa shape index (κ1) is 13.0. The summed E-state index contributed by atoms with van der Waals surface area (Å²) in [7, 11) is 0. The molecule has 5 nitrogen and oxygen atoms in total. The lowest BCUT2D eigenvalue weighted by molar-refractivity contribution is 0.0663. The molecule has 2 unspecified atom stereocenters. The van der Waals surface area contributed by atoms with Crippen LogP contribution in [0.4, 0.5) is 0 Å². The van der Waals surface area contributed by atoms with Gasteiger partial charge in [-0.25, -0.2) is 0 Å². The van der Waals surface area contributed by atoms with Crippen LogP contribution in [-0.4, -0.2) is 41.1 Å². The van der Waals surface area contributed by atoms with E-state index in [4.69, 9.17) is 0 Å². The van der Waals surface area contributed by atoms with E-state index in [0.717, 1.165) is 13.1 Å². The van der Waals surface area contributed by atoms with Crippen LogP contribution in [0.25, 0.3) is 0 Å². The maximum absolute atomic E-state index is 11.9. The number of nitrogens with one attached hydrogen (secondary N) is 1. The zero-order chi connectivity index (χ0) is 10.8. The summed E-state index contributed by atoms with van der Waals surface area (Å²) in [6.07, 6.45) is 1.42. The molecule has 90 valence electrons. The molecule has 1 saturated heterocycles. The van der Waals surface area contributed by atoms with Crippen molar-refractivity contribution in [3.8, 4) is 0 Å². The molecular formula is C10H16ClN3O2. The number of amides is 1. The van der Waals surface area contributed by atoms with E-state index in [1.165, 1.54) is 6.26 Å². The minimum atomic E-state index is -0.0519. The monoisotopic (exact) mass is 245 g/mol. The van der Waals surface area contributed by atoms with E-state index in [2.05, 4.69) is 28.8 Å². The van der Waals surface area contributed by atoms with Gasteiger partial charge in [0.1, 0.15) is 6.26 Å². The highest BCUT2D eigenvalue weighted by Gasteiger charge is 2.26. The van der Waals surface area contributed by atoms with Gasteiger partial charge < -0.3 is 14.7 Å². The topological polar surface area (TPSA) is 58.4 Å². The van der Waals surface area contributed by atoms with Crippen LogP contribution in [0.15, 0.2) is 16.9 Å². The van der Waals surface area contributed by atoms with Crippen LogP contribution in [0, 0.1) is 0 Å². The molecule has 1 aromatic rings. The number of piperazine rings is 1. The molecule has 1 aliphatic heterocycles. The highest BCUT2D eigenvalue weighted by atomic mass is 35.5. The van der Waals surface area contributed by atoms with Crippen molar-refractivity contribution < 1.29 is 9.32 Å². The number of nitrogens with zero attached hydrogens (tertiary/aromatic N) is 2. The molecule has 2 heterocycles. The molecule has 2 atom stereocenters. The van der Waals surface area contributed by atoms with E-state index < -0.39 is 0 Å². The second kappa shape index (κ2) is 5.32. The molecule has 2 rings (SSSR count). The second-order valence-corrected chi connectivity index (χ2v) is 4.06. The number of halogens is 1.